The fraction of sp³-hybridized carbons (Fsp3) is 0.280. The van der Waals surface area contributed by atoms with E-state index < -0.39 is 11.7 Å². The van der Waals surface area contributed by atoms with Crippen LogP contribution in [0.5, 0.6) is 0 Å². The highest BCUT2D eigenvalue weighted by atomic mass is 19.4. The van der Waals surface area contributed by atoms with Crippen LogP contribution < -0.4 is 9.80 Å². The number of piperazine rings is 1. The van der Waals surface area contributed by atoms with E-state index in [4.69, 9.17) is 0 Å². The Kier molecular flexibility index (Phi) is 5.97. The summed E-state index contributed by atoms with van der Waals surface area (Å²) in [7, 11) is 0. The largest absolute Gasteiger partial charge is 0.416 e. The summed E-state index contributed by atoms with van der Waals surface area (Å²) < 4.78 is 41.9. The summed E-state index contributed by atoms with van der Waals surface area (Å²) >= 11 is 0. The molecule has 1 aliphatic rings. The van der Waals surface area contributed by atoms with E-state index in [1.165, 1.54) is 17.3 Å². The van der Waals surface area contributed by atoms with Crippen LogP contribution in [0.25, 0.3) is 27.8 Å². The van der Waals surface area contributed by atoms with Crippen LogP contribution in [0.3, 0.4) is 0 Å². The van der Waals surface area contributed by atoms with Crippen molar-refractivity contribution in [2.75, 3.05) is 44.2 Å². The third-order valence-electron chi connectivity index (χ3n) is 6.33. The quantitative estimate of drug-likeness (QED) is 0.473. The van der Waals surface area contributed by atoms with Crippen LogP contribution in [-0.2, 0) is 6.18 Å². The predicted molar refractivity (Wildman–Crippen MR) is 124 cm³/mol. The molecule has 0 spiro atoms. The van der Waals surface area contributed by atoms with E-state index in [1.54, 1.807) is 10.6 Å². The zero-order valence-electron chi connectivity index (χ0n) is 18.5. The topological polar surface area (TPSA) is 58.6 Å². The number of aliphatic hydroxyl groups excluding tert-OH is 1. The first-order valence-electron chi connectivity index (χ1n) is 11.2. The van der Waals surface area contributed by atoms with Crippen LogP contribution >= 0.6 is 0 Å². The Morgan fingerprint density at radius 3 is 2.44 bits per heavy atom. The number of halogens is 3. The molecule has 1 aliphatic heterocycles. The lowest BCUT2D eigenvalue weighted by atomic mass is 10.1. The van der Waals surface area contributed by atoms with E-state index >= 15 is 0 Å². The molecular weight excluding hydrogens is 443 g/mol. The molecule has 9 heteroatoms. The first-order valence-corrected chi connectivity index (χ1v) is 11.2. The molecule has 6 nitrogen and oxygen atoms in total. The van der Waals surface area contributed by atoms with Crippen molar-refractivity contribution in [2.45, 2.75) is 6.18 Å². The van der Waals surface area contributed by atoms with Gasteiger partial charge >= 0.3 is 6.18 Å². The minimum atomic E-state index is -4.43. The van der Waals surface area contributed by atoms with Gasteiger partial charge in [-0.25, -0.2) is 9.97 Å². The number of nitrogens with one attached hydrogen (secondary N) is 1. The fourth-order valence-electron chi connectivity index (χ4n) is 4.59. The van der Waals surface area contributed by atoms with Crippen molar-refractivity contribution < 1.29 is 23.2 Å². The predicted octanol–water partition coefficient (Wildman–Crippen LogP) is 2.80. The Balaban J connectivity index is 1.66. The highest BCUT2D eigenvalue weighted by molar-refractivity contribution is 6.02. The van der Waals surface area contributed by atoms with Crippen molar-refractivity contribution in [3.05, 3.63) is 72.7 Å². The van der Waals surface area contributed by atoms with Gasteiger partial charge in [0.25, 0.3) is 0 Å². The van der Waals surface area contributed by atoms with E-state index in [-0.39, 0.29) is 6.61 Å². The normalized spacial score (nSPS) is 15.2. The highest BCUT2D eigenvalue weighted by Gasteiger charge is 2.31. The van der Waals surface area contributed by atoms with Crippen molar-refractivity contribution in [1.82, 2.24) is 14.5 Å². The number of benzene rings is 2. The maximum absolute atomic E-state index is 13.4. The minimum absolute atomic E-state index is 0.158. The molecule has 0 atom stereocenters. The number of hydrogen-bond acceptors (Lipinski definition) is 4. The lowest BCUT2D eigenvalue weighted by Gasteiger charge is -2.33. The molecule has 0 saturated carbocycles. The molecule has 2 N–H and O–H groups in total. The Hall–Kier alpha value is -3.43. The second-order valence-corrected chi connectivity index (χ2v) is 8.43. The molecule has 0 unspecified atom stereocenters. The molecule has 0 bridgehead atoms. The van der Waals surface area contributed by atoms with Gasteiger partial charge in [0.15, 0.2) is 5.65 Å². The van der Waals surface area contributed by atoms with Gasteiger partial charge in [-0.2, -0.15) is 13.2 Å². The molecule has 34 heavy (non-hydrogen) atoms. The van der Waals surface area contributed by atoms with E-state index in [0.717, 1.165) is 60.6 Å². The van der Waals surface area contributed by atoms with Gasteiger partial charge in [0.1, 0.15) is 18.7 Å². The molecule has 0 aliphatic carbocycles. The van der Waals surface area contributed by atoms with Crippen molar-refractivity contribution in [2.24, 2.45) is 0 Å². The number of rotatable bonds is 5. The molecule has 1 saturated heterocycles. The number of aliphatic hydroxyl groups is 1. The molecule has 2 aromatic heterocycles. The summed E-state index contributed by atoms with van der Waals surface area (Å²) in [5.41, 5.74) is 2.06. The van der Waals surface area contributed by atoms with Crippen molar-refractivity contribution in [3.8, 4) is 16.8 Å². The number of quaternary nitrogens is 1. The zero-order valence-corrected chi connectivity index (χ0v) is 18.5. The molecule has 3 heterocycles. The SMILES string of the molecule is OCC[NH+]1CCN(c2ncnc3c2c(-c2ccccc2)cn3-c2cccc(C(F)(F)F)c2)CC1. The summed E-state index contributed by atoms with van der Waals surface area (Å²) in [5.74, 6) is 0.776. The van der Waals surface area contributed by atoms with Crippen molar-refractivity contribution in [1.29, 1.82) is 0 Å². The molecule has 176 valence electrons. The number of alkyl halides is 3. The van der Waals surface area contributed by atoms with Crippen LogP contribution in [0.15, 0.2) is 67.1 Å². The summed E-state index contributed by atoms with van der Waals surface area (Å²) in [6.45, 7) is 4.16. The Morgan fingerprint density at radius 1 is 0.971 bits per heavy atom. The Bertz CT molecular complexity index is 1280. The van der Waals surface area contributed by atoms with Gasteiger partial charge in [-0.3, -0.25) is 0 Å². The highest BCUT2D eigenvalue weighted by Crippen LogP contribution is 2.37. The van der Waals surface area contributed by atoms with Crippen molar-refractivity contribution >= 4 is 16.9 Å². The molecule has 4 aromatic rings. The average Bonchev–Trinajstić information content (AvgIpc) is 3.25. The number of fused-ring (bicyclic) bond motifs is 1. The molecule has 1 fully saturated rings. The van der Waals surface area contributed by atoms with Crippen LogP contribution in [0.2, 0.25) is 0 Å². The maximum Gasteiger partial charge on any atom is 0.416 e. The number of anilines is 1. The maximum atomic E-state index is 13.4. The van der Waals surface area contributed by atoms with Crippen LogP contribution in [0, 0.1) is 0 Å². The van der Waals surface area contributed by atoms with Gasteiger partial charge in [0, 0.05) is 17.4 Å². The second kappa shape index (κ2) is 9.08. The average molecular weight is 469 g/mol. The van der Waals surface area contributed by atoms with E-state index in [0.29, 0.717) is 17.9 Å². The number of aromatic nitrogens is 3. The molecular formula is C25H25F3N5O+. The number of nitrogens with zero attached hydrogens (tertiary/aromatic N) is 4. The third kappa shape index (κ3) is 4.24. The standard InChI is InChI=1S/C25H24F3N5O/c26-25(27,28)19-7-4-8-20(15-19)33-16-21(18-5-2-1-3-6-18)22-23(29-17-30-24(22)33)32-11-9-31(10-12-32)13-14-34/h1-8,15-17,34H,9-14H2/p+1. The summed E-state index contributed by atoms with van der Waals surface area (Å²) in [4.78, 5) is 12.7. The summed E-state index contributed by atoms with van der Waals surface area (Å²) in [5, 5.41) is 10.1. The minimum Gasteiger partial charge on any atom is -0.391 e. The van der Waals surface area contributed by atoms with Gasteiger partial charge in [-0.15, -0.1) is 0 Å². The molecule has 2 aromatic carbocycles. The molecule has 0 radical (unpaired) electrons. The Labute approximate surface area is 194 Å². The van der Waals surface area contributed by atoms with Crippen LogP contribution in [0.4, 0.5) is 19.0 Å². The smallest absolute Gasteiger partial charge is 0.391 e. The monoisotopic (exact) mass is 468 g/mol. The van der Waals surface area contributed by atoms with E-state index in [9.17, 15) is 18.3 Å². The van der Waals surface area contributed by atoms with Gasteiger partial charge in [-0.1, -0.05) is 36.4 Å². The second-order valence-electron chi connectivity index (χ2n) is 8.43. The van der Waals surface area contributed by atoms with Crippen LogP contribution in [0.1, 0.15) is 5.56 Å². The fourth-order valence-corrected chi connectivity index (χ4v) is 4.59. The first kappa shape index (κ1) is 22.4. The summed E-state index contributed by atoms with van der Waals surface area (Å²) in [6, 6.07) is 15.0. The third-order valence-corrected chi connectivity index (χ3v) is 6.33. The summed E-state index contributed by atoms with van der Waals surface area (Å²) in [6.07, 6.45) is -1.11. The van der Waals surface area contributed by atoms with Gasteiger partial charge in [-0.05, 0) is 23.8 Å². The number of hydrogen-bond donors (Lipinski definition) is 2. The lowest BCUT2D eigenvalue weighted by Crippen LogP contribution is -3.15. The van der Waals surface area contributed by atoms with Gasteiger partial charge < -0.3 is 19.5 Å². The Morgan fingerprint density at radius 2 is 1.74 bits per heavy atom. The first-order chi connectivity index (χ1) is 16.5. The van der Waals surface area contributed by atoms with E-state index in [1.807, 2.05) is 36.5 Å². The van der Waals surface area contributed by atoms with Gasteiger partial charge in [0.2, 0.25) is 0 Å². The van der Waals surface area contributed by atoms with Crippen molar-refractivity contribution in [3.63, 3.8) is 0 Å². The van der Waals surface area contributed by atoms with Crippen LogP contribution in [-0.4, -0.2) is 59.0 Å². The van der Waals surface area contributed by atoms with Gasteiger partial charge in [0.05, 0.1) is 43.7 Å². The molecule has 5 rings (SSSR count). The zero-order chi connectivity index (χ0) is 23.7. The lowest BCUT2D eigenvalue weighted by molar-refractivity contribution is -0.900. The van der Waals surface area contributed by atoms with E-state index in [2.05, 4.69) is 14.9 Å². The molecule has 0 amide bonds.